The van der Waals surface area contributed by atoms with Crippen LogP contribution in [0.4, 0.5) is 0 Å². The van der Waals surface area contributed by atoms with Crippen molar-refractivity contribution in [2.24, 2.45) is 7.05 Å². The van der Waals surface area contributed by atoms with Crippen molar-refractivity contribution in [2.75, 3.05) is 0 Å². The van der Waals surface area contributed by atoms with Crippen LogP contribution in [0.25, 0.3) is 81.8 Å². The highest BCUT2D eigenvalue weighted by molar-refractivity contribution is 6.21. The third-order valence-corrected chi connectivity index (χ3v) is 8.49. The summed E-state index contributed by atoms with van der Waals surface area (Å²) in [4.78, 5) is 0. The Morgan fingerprint density at radius 3 is 2.29 bits per heavy atom. The van der Waals surface area contributed by atoms with Gasteiger partial charge in [0.25, 0.3) is 5.65 Å². The summed E-state index contributed by atoms with van der Waals surface area (Å²) in [6, 6.07) is 37.4. The SMILES string of the molecule is Cc1cccc2c3cc4oc5cc6ccc7ccccc7c6cc5c4cc3n3c4ccccc4[n+](C)c3c12. The molecule has 6 aromatic carbocycles. The van der Waals surface area contributed by atoms with Crippen LogP contribution in [-0.2, 0) is 7.05 Å². The van der Waals surface area contributed by atoms with Crippen molar-refractivity contribution in [3.63, 3.8) is 0 Å². The summed E-state index contributed by atoms with van der Waals surface area (Å²) in [6.07, 6.45) is 0. The van der Waals surface area contributed by atoms with Gasteiger partial charge >= 0.3 is 0 Å². The van der Waals surface area contributed by atoms with Crippen molar-refractivity contribution in [3.8, 4) is 0 Å². The lowest BCUT2D eigenvalue weighted by molar-refractivity contribution is -0.617. The van der Waals surface area contributed by atoms with Gasteiger partial charge in [0.05, 0.1) is 12.4 Å². The van der Waals surface area contributed by atoms with Gasteiger partial charge in [-0.2, -0.15) is 4.40 Å². The number of aryl methyl sites for hydroxylation is 2. The average molecular weight is 488 g/mol. The topological polar surface area (TPSA) is 21.4 Å². The molecule has 0 saturated carbocycles. The largest absolute Gasteiger partial charge is 0.456 e. The van der Waals surface area contributed by atoms with Gasteiger partial charge in [-0.25, -0.2) is 4.57 Å². The molecule has 0 atom stereocenters. The lowest BCUT2D eigenvalue weighted by Gasteiger charge is -2.07. The second-order valence-electron chi connectivity index (χ2n) is 10.5. The Labute approximate surface area is 217 Å². The van der Waals surface area contributed by atoms with Crippen LogP contribution >= 0.6 is 0 Å². The van der Waals surface area contributed by atoms with Crippen molar-refractivity contribution in [1.82, 2.24) is 4.40 Å². The number of aromatic nitrogens is 2. The number of imidazole rings is 1. The van der Waals surface area contributed by atoms with E-state index < -0.39 is 0 Å². The Morgan fingerprint density at radius 2 is 1.34 bits per heavy atom. The molecule has 3 heterocycles. The maximum atomic E-state index is 6.55. The molecule has 0 amide bonds. The first-order valence-corrected chi connectivity index (χ1v) is 13.1. The summed E-state index contributed by atoms with van der Waals surface area (Å²) >= 11 is 0. The van der Waals surface area contributed by atoms with E-state index in [1.54, 1.807) is 0 Å². The number of benzene rings is 6. The summed E-state index contributed by atoms with van der Waals surface area (Å²) in [5.74, 6) is 0. The molecule has 0 fully saturated rings. The van der Waals surface area contributed by atoms with Crippen molar-refractivity contribution >= 4 is 81.8 Å². The van der Waals surface area contributed by atoms with Gasteiger partial charge < -0.3 is 4.42 Å². The van der Waals surface area contributed by atoms with E-state index in [9.17, 15) is 0 Å². The number of rotatable bonds is 0. The normalized spacial score (nSPS) is 12.5. The minimum absolute atomic E-state index is 0.926. The fourth-order valence-electron chi connectivity index (χ4n) is 6.74. The second kappa shape index (κ2) is 6.90. The standard InChI is InChI=1S/C35H23N2O/c1-20-8-7-11-24-26-19-33-28(18-31(26)37-30-13-6-5-12-29(30)36(2)35(37)34(20)24)27-17-25-22(16-32(27)38-33)15-14-21-9-3-4-10-23(21)25/h3-19H,1-2H3/q+1. The second-order valence-corrected chi connectivity index (χ2v) is 10.5. The highest BCUT2D eigenvalue weighted by atomic mass is 16.3. The minimum Gasteiger partial charge on any atom is -0.456 e. The Bertz CT molecular complexity index is 2480. The van der Waals surface area contributed by atoms with E-state index in [4.69, 9.17) is 4.42 Å². The fourth-order valence-corrected chi connectivity index (χ4v) is 6.74. The van der Waals surface area contributed by atoms with E-state index in [0.29, 0.717) is 0 Å². The van der Waals surface area contributed by atoms with Crippen molar-refractivity contribution < 1.29 is 8.98 Å². The maximum Gasteiger partial charge on any atom is 0.295 e. The molecule has 0 aliphatic heterocycles. The molecular weight excluding hydrogens is 464 g/mol. The Kier molecular flexibility index (Phi) is 3.67. The number of nitrogens with zero attached hydrogens (tertiary/aromatic N) is 2. The minimum atomic E-state index is 0.926. The number of furan rings is 1. The predicted octanol–water partition coefficient (Wildman–Crippen LogP) is 8.74. The molecule has 3 nitrogen and oxygen atoms in total. The van der Waals surface area contributed by atoms with Crippen molar-refractivity contribution in [3.05, 3.63) is 109 Å². The monoisotopic (exact) mass is 487 g/mol. The van der Waals surface area contributed by atoms with Gasteiger partial charge in [-0.15, -0.1) is 0 Å². The number of pyridine rings is 1. The van der Waals surface area contributed by atoms with Crippen LogP contribution in [0.1, 0.15) is 5.56 Å². The molecular formula is C35H23N2O+. The molecule has 3 aromatic heterocycles. The summed E-state index contributed by atoms with van der Waals surface area (Å²) < 4.78 is 11.3. The molecule has 9 aromatic rings. The molecule has 3 heteroatoms. The summed E-state index contributed by atoms with van der Waals surface area (Å²) in [7, 11) is 2.18. The molecule has 0 bridgehead atoms. The van der Waals surface area contributed by atoms with E-state index >= 15 is 0 Å². The Morgan fingerprint density at radius 1 is 0.579 bits per heavy atom. The van der Waals surface area contributed by atoms with Crippen molar-refractivity contribution in [1.29, 1.82) is 0 Å². The van der Waals surface area contributed by atoms with Crippen molar-refractivity contribution in [2.45, 2.75) is 6.92 Å². The average Bonchev–Trinajstić information content (AvgIpc) is 3.45. The first kappa shape index (κ1) is 20.2. The number of hydrogen-bond acceptors (Lipinski definition) is 1. The Balaban J connectivity index is 1.54. The summed E-state index contributed by atoms with van der Waals surface area (Å²) in [5, 5.41) is 11.0. The summed E-state index contributed by atoms with van der Waals surface area (Å²) in [6.45, 7) is 2.21. The molecule has 0 unspecified atom stereocenters. The van der Waals surface area contributed by atoms with Gasteiger partial charge in [0.2, 0.25) is 0 Å². The van der Waals surface area contributed by atoms with E-state index in [-0.39, 0.29) is 0 Å². The number of para-hydroxylation sites is 2. The van der Waals surface area contributed by atoms with Gasteiger partial charge in [-0.05, 0) is 70.4 Å². The van der Waals surface area contributed by atoms with E-state index in [2.05, 4.69) is 126 Å². The highest BCUT2D eigenvalue weighted by Crippen LogP contribution is 2.40. The third-order valence-electron chi connectivity index (χ3n) is 8.49. The van der Waals surface area contributed by atoms with Crippen LogP contribution < -0.4 is 4.57 Å². The lowest BCUT2D eigenvalue weighted by atomic mass is 9.98. The molecule has 0 aliphatic rings. The molecule has 0 N–H and O–H groups in total. The Hall–Kier alpha value is -4.89. The fraction of sp³-hybridized carbons (Fsp3) is 0.0571. The first-order valence-electron chi connectivity index (χ1n) is 13.1. The third kappa shape index (κ3) is 2.41. The zero-order valence-electron chi connectivity index (χ0n) is 21.1. The highest BCUT2D eigenvalue weighted by Gasteiger charge is 2.25. The van der Waals surface area contributed by atoms with Crippen LogP contribution in [0.2, 0.25) is 0 Å². The molecule has 38 heavy (non-hydrogen) atoms. The van der Waals surface area contributed by atoms with Gasteiger partial charge in [-0.3, -0.25) is 0 Å². The van der Waals surface area contributed by atoms with Gasteiger partial charge in [0.15, 0.2) is 11.0 Å². The molecule has 178 valence electrons. The quantitative estimate of drug-likeness (QED) is 0.155. The maximum absolute atomic E-state index is 6.55. The van der Waals surface area contributed by atoms with Gasteiger partial charge in [-0.1, -0.05) is 66.7 Å². The van der Waals surface area contributed by atoms with E-state index in [1.165, 1.54) is 65.5 Å². The first-order chi connectivity index (χ1) is 18.7. The lowest BCUT2D eigenvalue weighted by Crippen LogP contribution is -2.27. The predicted molar refractivity (Wildman–Crippen MR) is 158 cm³/mol. The van der Waals surface area contributed by atoms with Crippen LogP contribution in [0, 0.1) is 6.92 Å². The smallest absolute Gasteiger partial charge is 0.295 e. The zero-order valence-corrected chi connectivity index (χ0v) is 21.1. The van der Waals surface area contributed by atoms with Crippen LogP contribution in [0.15, 0.2) is 108 Å². The molecule has 0 radical (unpaired) electrons. The van der Waals surface area contributed by atoms with Gasteiger partial charge in [0, 0.05) is 21.5 Å². The molecule has 0 aliphatic carbocycles. The van der Waals surface area contributed by atoms with E-state index in [1.807, 2.05) is 0 Å². The molecule has 0 saturated heterocycles. The van der Waals surface area contributed by atoms with Crippen LogP contribution in [0.3, 0.4) is 0 Å². The van der Waals surface area contributed by atoms with Crippen LogP contribution in [0.5, 0.6) is 0 Å². The number of hydrogen-bond donors (Lipinski definition) is 0. The molecule has 0 spiro atoms. The summed E-state index contributed by atoms with van der Waals surface area (Å²) in [5.41, 5.74) is 7.98. The molecule has 9 rings (SSSR count). The number of fused-ring (bicyclic) bond motifs is 14. The van der Waals surface area contributed by atoms with E-state index in [0.717, 1.165) is 21.9 Å². The van der Waals surface area contributed by atoms with Gasteiger partial charge in [0.1, 0.15) is 16.7 Å². The zero-order chi connectivity index (χ0) is 25.1. The van der Waals surface area contributed by atoms with Crippen LogP contribution in [-0.4, -0.2) is 4.40 Å².